The summed E-state index contributed by atoms with van der Waals surface area (Å²) < 4.78 is 0. The highest BCUT2D eigenvalue weighted by Crippen LogP contribution is 2.46. The van der Waals surface area contributed by atoms with Crippen molar-refractivity contribution in [2.75, 3.05) is 31.1 Å². The first-order chi connectivity index (χ1) is 19.6. The summed E-state index contributed by atoms with van der Waals surface area (Å²) in [6.07, 6.45) is 8.92. The van der Waals surface area contributed by atoms with Gasteiger partial charge < -0.3 is 15.1 Å². The third-order valence-electron chi connectivity index (χ3n) is 9.54. The van der Waals surface area contributed by atoms with Crippen molar-refractivity contribution < 1.29 is 9.59 Å². The maximum atomic E-state index is 13.7. The first kappa shape index (κ1) is 28.0. The topological polar surface area (TPSA) is 65.5 Å². The predicted molar refractivity (Wildman–Crippen MR) is 164 cm³/mol. The third-order valence-corrected chi connectivity index (χ3v) is 10.1. The fraction of sp³-hybridized carbons (Fsp3) is 0.424. The molecule has 0 radical (unpaired) electrons. The number of aromatic nitrogens is 1. The standard InChI is InChI=1S/C33H36Cl2N4O2/c1-32(2)21-23-4-3-22(19-26(23)29(32)37-30(40)27-20-24(34)5-6-28(27)35)31(41)39-17-11-33(12-18-39)9-15-38(16-10-33)25-7-13-36-14-8-25/h3-8,13-14,19-20,29H,9-12,15-18,21H2,1-2H3,(H,37,40). The van der Waals surface area contributed by atoms with Gasteiger partial charge in [-0.15, -0.1) is 0 Å². The normalized spacial score (nSPS) is 21.0. The molecule has 0 bridgehead atoms. The van der Waals surface area contributed by atoms with Crippen molar-refractivity contribution in [3.63, 3.8) is 0 Å². The zero-order valence-corrected chi connectivity index (χ0v) is 25.1. The molecular formula is C33H36Cl2N4O2. The van der Waals surface area contributed by atoms with Crippen LogP contribution in [0.1, 0.15) is 77.4 Å². The maximum absolute atomic E-state index is 13.7. The summed E-state index contributed by atoms with van der Waals surface area (Å²) in [7, 11) is 0. The van der Waals surface area contributed by atoms with Crippen LogP contribution in [-0.4, -0.2) is 47.9 Å². The Bertz CT molecular complexity index is 1460. The van der Waals surface area contributed by atoms with E-state index in [0.717, 1.165) is 69.4 Å². The molecule has 8 heteroatoms. The first-order valence-electron chi connectivity index (χ1n) is 14.5. The second kappa shape index (κ2) is 11.0. The predicted octanol–water partition coefficient (Wildman–Crippen LogP) is 6.96. The molecule has 1 spiro atoms. The minimum absolute atomic E-state index is 0.0736. The van der Waals surface area contributed by atoms with Crippen LogP contribution in [-0.2, 0) is 6.42 Å². The molecular weight excluding hydrogens is 555 g/mol. The second-order valence-electron chi connectivity index (χ2n) is 12.6. The molecule has 1 atom stereocenters. The van der Waals surface area contributed by atoms with Gasteiger partial charge in [0.1, 0.15) is 0 Å². The van der Waals surface area contributed by atoms with E-state index in [1.165, 1.54) is 5.69 Å². The fourth-order valence-electron chi connectivity index (χ4n) is 6.99. The Morgan fingerprint density at radius 3 is 2.29 bits per heavy atom. The Morgan fingerprint density at radius 2 is 1.59 bits per heavy atom. The molecule has 6 rings (SSSR count). The minimum Gasteiger partial charge on any atom is -0.371 e. The summed E-state index contributed by atoms with van der Waals surface area (Å²) in [4.78, 5) is 35.6. The lowest BCUT2D eigenvalue weighted by Crippen LogP contribution is -2.48. The number of anilines is 1. The van der Waals surface area contributed by atoms with Crippen LogP contribution < -0.4 is 10.2 Å². The van der Waals surface area contributed by atoms with Crippen LogP contribution in [0.3, 0.4) is 0 Å². The largest absolute Gasteiger partial charge is 0.371 e. The second-order valence-corrected chi connectivity index (χ2v) is 13.4. The van der Waals surface area contributed by atoms with Gasteiger partial charge in [0.25, 0.3) is 11.8 Å². The number of carbonyl (C=O) groups is 2. The third kappa shape index (κ3) is 5.56. The summed E-state index contributed by atoms with van der Waals surface area (Å²) in [5.41, 5.74) is 4.55. The van der Waals surface area contributed by atoms with Crippen molar-refractivity contribution in [2.24, 2.45) is 10.8 Å². The van der Waals surface area contributed by atoms with Crippen LogP contribution in [0.15, 0.2) is 60.9 Å². The van der Waals surface area contributed by atoms with Gasteiger partial charge in [-0.2, -0.15) is 0 Å². The quantitative estimate of drug-likeness (QED) is 0.356. The van der Waals surface area contributed by atoms with Crippen LogP contribution >= 0.6 is 23.2 Å². The van der Waals surface area contributed by atoms with Crippen molar-refractivity contribution in [3.05, 3.63) is 93.2 Å². The summed E-state index contributed by atoms with van der Waals surface area (Å²) in [5, 5.41) is 4.01. The van der Waals surface area contributed by atoms with E-state index in [1.807, 2.05) is 29.4 Å². The number of pyridine rings is 1. The van der Waals surface area contributed by atoms with Crippen LogP contribution in [0, 0.1) is 10.8 Å². The molecule has 1 aliphatic carbocycles. The van der Waals surface area contributed by atoms with Crippen LogP contribution in [0.5, 0.6) is 0 Å². The van der Waals surface area contributed by atoms with E-state index >= 15 is 0 Å². The number of piperidine rings is 2. The zero-order valence-electron chi connectivity index (χ0n) is 23.6. The van der Waals surface area contributed by atoms with E-state index in [2.05, 4.69) is 47.2 Å². The first-order valence-corrected chi connectivity index (χ1v) is 15.2. The average Bonchev–Trinajstić information content (AvgIpc) is 3.23. The number of carbonyl (C=O) groups excluding carboxylic acids is 2. The Balaban J connectivity index is 1.13. The number of likely N-dealkylation sites (tertiary alicyclic amines) is 1. The minimum atomic E-state index is -0.267. The number of hydrogen-bond acceptors (Lipinski definition) is 4. The van der Waals surface area contributed by atoms with E-state index in [-0.39, 0.29) is 23.3 Å². The molecule has 2 aliphatic heterocycles. The van der Waals surface area contributed by atoms with Crippen LogP contribution in [0.4, 0.5) is 5.69 Å². The van der Waals surface area contributed by atoms with Gasteiger partial charge in [-0.25, -0.2) is 0 Å². The molecule has 1 N–H and O–H groups in total. The molecule has 3 heterocycles. The molecule has 2 amide bonds. The van der Waals surface area contributed by atoms with Gasteiger partial charge in [0, 0.05) is 54.8 Å². The van der Waals surface area contributed by atoms with Crippen molar-refractivity contribution in [1.29, 1.82) is 0 Å². The van der Waals surface area contributed by atoms with Gasteiger partial charge in [-0.3, -0.25) is 14.6 Å². The van der Waals surface area contributed by atoms with Crippen LogP contribution in [0.2, 0.25) is 10.0 Å². The van der Waals surface area contributed by atoms with Gasteiger partial charge >= 0.3 is 0 Å². The molecule has 2 fully saturated rings. The number of hydrogen-bond donors (Lipinski definition) is 1. The SMILES string of the molecule is CC1(C)Cc2ccc(C(=O)N3CCC4(CC3)CCN(c3ccncc3)CC4)cc2C1NC(=O)c1cc(Cl)ccc1Cl. The molecule has 2 aromatic carbocycles. The molecule has 41 heavy (non-hydrogen) atoms. The number of benzene rings is 2. The molecule has 1 unspecified atom stereocenters. The highest BCUT2D eigenvalue weighted by atomic mass is 35.5. The Morgan fingerprint density at radius 1 is 0.902 bits per heavy atom. The molecule has 3 aliphatic rings. The lowest BCUT2D eigenvalue weighted by atomic mass is 9.71. The van der Waals surface area contributed by atoms with Crippen LogP contribution in [0.25, 0.3) is 0 Å². The number of fused-ring (bicyclic) bond motifs is 1. The van der Waals surface area contributed by atoms with Gasteiger partial charge in [0.2, 0.25) is 0 Å². The molecule has 2 saturated heterocycles. The van der Waals surface area contributed by atoms with Crippen molar-refractivity contribution in [3.8, 4) is 0 Å². The monoisotopic (exact) mass is 590 g/mol. The average molecular weight is 592 g/mol. The summed E-state index contributed by atoms with van der Waals surface area (Å²) in [5.74, 6) is -0.194. The number of nitrogens with one attached hydrogen (secondary N) is 1. The Hall–Kier alpha value is -3.09. The van der Waals surface area contributed by atoms with Gasteiger partial charge in [-0.05, 0) is 96.5 Å². The highest BCUT2D eigenvalue weighted by molar-refractivity contribution is 6.35. The fourth-order valence-corrected chi connectivity index (χ4v) is 7.36. The number of halogens is 2. The summed E-state index contributed by atoms with van der Waals surface area (Å²) in [6, 6.07) is 14.8. The van der Waals surface area contributed by atoms with E-state index in [0.29, 0.717) is 26.6 Å². The van der Waals surface area contributed by atoms with Crippen molar-refractivity contribution >= 4 is 40.7 Å². The van der Waals surface area contributed by atoms with Gasteiger partial charge in [-0.1, -0.05) is 43.1 Å². The molecule has 0 saturated carbocycles. The number of nitrogens with zero attached hydrogens (tertiary/aromatic N) is 3. The molecule has 6 nitrogen and oxygen atoms in total. The number of rotatable bonds is 4. The molecule has 214 valence electrons. The van der Waals surface area contributed by atoms with Gasteiger partial charge in [0.05, 0.1) is 16.6 Å². The molecule has 3 aromatic rings. The maximum Gasteiger partial charge on any atom is 0.253 e. The zero-order chi connectivity index (χ0) is 28.8. The lowest BCUT2D eigenvalue weighted by Gasteiger charge is -2.47. The van der Waals surface area contributed by atoms with Gasteiger partial charge in [0.15, 0.2) is 0 Å². The Labute approximate surface area is 252 Å². The van der Waals surface area contributed by atoms with E-state index in [9.17, 15) is 9.59 Å². The Kier molecular flexibility index (Phi) is 7.50. The summed E-state index contributed by atoms with van der Waals surface area (Å²) >= 11 is 12.5. The lowest BCUT2D eigenvalue weighted by molar-refractivity contribution is 0.0515. The highest BCUT2D eigenvalue weighted by Gasteiger charge is 2.42. The smallest absolute Gasteiger partial charge is 0.253 e. The summed E-state index contributed by atoms with van der Waals surface area (Å²) in [6.45, 7) is 7.94. The van der Waals surface area contributed by atoms with Crippen molar-refractivity contribution in [2.45, 2.75) is 52.0 Å². The van der Waals surface area contributed by atoms with E-state index in [4.69, 9.17) is 23.2 Å². The molecule has 1 aromatic heterocycles. The van der Waals surface area contributed by atoms with Crippen molar-refractivity contribution in [1.82, 2.24) is 15.2 Å². The number of amides is 2. The van der Waals surface area contributed by atoms with E-state index in [1.54, 1.807) is 18.2 Å². The van der Waals surface area contributed by atoms with E-state index < -0.39 is 0 Å².